The number of carbonyl (C=O) groups is 2. The van der Waals surface area contributed by atoms with E-state index < -0.39 is 12.0 Å². The van der Waals surface area contributed by atoms with E-state index in [1.165, 1.54) is 13.5 Å². The van der Waals surface area contributed by atoms with E-state index in [9.17, 15) is 9.59 Å². The SMILES string of the molecule is COC(=O)[C@@H](NC(=O)N[C@@H]1CCCC[C@@H]1C)C(C)C. The molecular weight excluding hydrogens is 244 g/mol. The van der Waals surface area contributed by atoms with Gasteiger partial charge in [-0.1, -0.05) is 33.6 Å². The first-order chi connectivity index (χ1) is 8.95. The molecule has 1 aliphatic carbocycles. The molecule has 1 aliphatic rings. The molecule has 2 amide bonds. The lowest BCUT2D eigenvalue weighted by Crippen LogP contribution is -2.52. The Labute approximate surface area is 115 Å². The smallest absolute Gasteiger partial charge is 0.328 e. The Kier molecular flexibility index (Phi) is 6.12. The molecule has 1 saturated carbocycles. The summed E-state index contributed by atoms with van der Waals surface area (Å²) in [5, 5.41) is 5.69. The van der Waals surface area contributed by atoms with Crippen molar-refractivity contribution in [2.45, 2.75) is 58.5 Å². The van der Waals surface area contributed by atoms with Crippen LogP contribution < -0.4 is 10.6 Å². The molecule has 19 heavy (non-hydrogen) atoms. The summed E-state index contributed by atoms with van der Waals surface area (Å²) in [6.07, 6.45) is 4.55. The van der Waals surface area contributed by atoms with E-state index in [0.717, 1.165) is 19.3 Å². The molecule has 0 bridgehead atoms. The monoisotopic (exact) mass is 270 g/mol. The largest absolute Gasteiger partial charge is 0.467 e. The molecular formula is C14H26N2O3. The van der Waals surface area contributed by atoms with Crippen molar-refractivity contribution in [3.63, 3.8) is 0 Å². The fourth-order valence-corrected chi connectivity index (χ4v) is 2.51. The van der Waals surface area contributed by atoms with E-state index in [1.54, 1.807) is 0 Å². The summed E-state index contributed by atoms with van der Waals surface area (Å²) in [5.41, 5.74) is 0. The Balaban J connectivity index is 2.50. The quantitative estimate of drug-likeness (QED) is 0.768. The molecule has 0 aliphatic heterocycles. The van der Waals surface area contributed by atoms with Crippen LogP contribution in [0.2, 0.25) is 0 Å². The number of hydrogen-bond donors (Lipinski definition) is 2. The van der Waals surface area contributed by atoms with Crippen molar-refractivity contribution >= 4 is 12.0 Å². The minimum absolute atomic E-state index is 0.00183. The van der Waals surface area contributed by atoms with Gasteiger partial charge in [-0.3, -0.25) is 0 Å². The van der Waals surface area contributed by atoms with Crippen molar-refractivity contribution in [3.05, 3.63) is 0 Å². The summed E-state index contributed by atoms with van der Waals surface area (Å²) < 4.78 is 4.70. The lowest BCUT2D eigenvalue weighted by molar-refractivity contribution is -0.144. The van der Waals surface area contributed by atoms with Gasteiger partial charge in [-0.05, 0) is 24.7 Å². The third-order valence-electron chi connectivity index (χ3n) is 3.84. The fourth-order valence-electron chi connectivity index (χ4n) is 2.51. The molecule has 0 aromatic heterocycles. The number of rotatable bonds is 4. The van der Waals surface area contributed by atoms with Crippen LogP contribution in [0.3, 0.4) is 0 Å². The molecule has 1 rings (SSSR count). The molecule has 0 unspecified atom stereocenters. The van der Waals surface area contributed by atoms with Crippen LogP contribution in [0.15, 0.2) is 0 Å². The summed E-state index contributed by atoms with van der Waals surface area (Å²) in [4.78, 5) is 23.5. The number of ether oxygens (including phenoxy) is 1. The van der Waals surface area contributed by atoms with Gasteiger partial charge in [0, 0.05) is 6.04 Å². The Morgan fingerprint density at radius 3 is 2.37 bits per heavy atom. The average Bonchev–Trinajstić information content (AvgIpc) is 2.37. The number of esters is 1. The third kappa shape index (κ3) is 4.73. The number of amides is 2. The topological polar surface area (TPSA) is 67.4 Å². The maximum absolute atomic E-state index is 12.0. The van der Waals surface area contributed by atoms with E-state index in [4.69, 9.17) is 4.74 Å². The first-order valence-corrected chi connectivity index (χ1v) is 7.10. The highest BCUT2D eigenvalue weighted by Gasteiger charge is 2.27. The summed E-state index contributed by atoms with van der Waals surface area (Å²) in [6.45, 7) is 5.92. The fraction of sp³-hybridized carbons (Fsp3) is 0.857. The minimum atomic E-state index is -0.594. The van der Waals surface area contributed by atoms with Gasteiger partial charge in [0.2, 0.25) is 0 Å². The molecule has 0 radical (unpaired) electrons. The van der Waals surface area contributed by atoms with E-state index in [1.807, 2.05) is 13.8 Å². The lowest BCUT2D eigenvalue weighted by atomic mass is 9.86. The molecule has 0 heterocycles. The number of urea groups is 1. The average molecular weight is 270 g/mol. The molecule has 1 fully saturated rings. The second kappa shape index (κ2) is 7.36. The predicted octanol–water partition coefficient (Wildman–Crippen LogP) is 2.06. The van der Waals surface area contributed by atoms with Gasteiger partial charge in [0.25, 0.3) is 0 Å². The van der Waals surface area contributed by atoms with Gasteiger partial charge in [0.1, 0.15) is 6.04 Å². The molecule has 110 valence electrons. The molecule has 2 N–H and O–H groups in total. The highest BCUT2D eigenvalue weighted by molar-refractivity contribution is 5.83. The zero-order valence-electron chi connectivity index (χ0n) is 12.4. The van der Waals surface area contributed by atoms with Crippen LogP contribution in [-0.2, 0) is 9.53 Å². The van der Waals surface area contributed by atoms with Gasteiger partial charge >= 0.3 is 12.0 Å². The molecule has 0 aromatic carbocycles. The maximum atomic E-state index is 12.0. The van der Waals surface area contributed by atoms with E-state index in [-0.39, 0.29) is 18.0 Å². The van der Waals surface area contributed by atoms with Crippen molar-refractivity contribution < 1.29 is 14.3 Å². The van der Waals surface area contributed by atoms with E-state index in [2.05, 4.69) is 17.6 Å². The van der Waals surface area contributed by atoms with Gasteiger partial charge in [0.15, 0.2) is 0 Å². The molecule has 0 saturated heterocycles. The maximum Gasteiger partial charge on any atom is 0.328 e. The standard InChI is InChI=1S/C14H26N2O3/c1-9(2)12(13(17)19-4)16-14(18)15-11-8-6-5-7-10(11)3/h9-12H,5-8H2,1-4H3,(H2,15,16,18)/t10-,11+,12-/m0/s1. The minimum Gasteiger partial charge on any atom is -0.467 e. The zero-order valence-corrected chi connectivity index (χ0v) is 12.4. The Morgan fingerprint density at radius 2 is 1.84 bits per heavy atom. The van der Waals surface area contributed by atoms with Crippen LogP contribution >= 0.6 is 0 Å². The number of methoxy groups -OCH3 is 1. The normalized spacial score (nSPS) is 24.7. The summed E-state index contributed by atoms with van der Waals surface area (Å²) >= 11 is 0. The van der Waals surface area contributed by atoms with Gasteiger partial charge in [-0.25, -0.2) is 9.59 Å². The van der Waals surface area contributed by atoms with Crippen LogP contribution in [0.25, 0.3) is 0 Å². The van der Waals surface area contributed by atoms with Gasteiger partial charge in [-0.15, -0.1) is 0 Å². The lowest BCUT2D eigenvalue weighted by Gasteiger charge is -2.30. The number of carbonyl (C=O) groups excluding carboxylic acids is 2. The van der Waals surface area contributed by atoms with Gasteiger partial charge in [0.05, 0.1) is 7.11 Å². The summed E-state index contributed by atoms with van der Waals surface area (Å²) in [5.74, 6) is 0.0962. The number of nitrogens with one attached hydrogen (secondary N) is 2. The van der Waals surface area contributed by atoms with Crippen LogP contribution in [0.4, 0.5) is 4.79 Å². The second-order valence-corrected chi connectivity index (χ2v) is 5.73. The Bertz CT molecular complexity index is 318. The van der Waals surface area contributed by atoms with Gasteiger partial charge < -0.3 is 15.4 Å². The molecule has 3 atom stereocenters. The second-order valence-electron chi connectivity index (χ2n) is 5.73. The summed E-state index contributed by atoms with van der Waals surface area (Å²) in [6, 6.07) is -0.661. The van der Waals surface area contributed by atoms with Crippen molar-refractivity contribution in [1.29, 1.82) is 0 Å². The third-order valence-corrected chi connectivity index (χ3v) is 3.84. The van der Waals surface area contributed by atoms with Crippen molar-refractivity contribution in [2.24, 2.45) is 11.8 Å². The first-order valence-electron chi connectivity index (χ1n) is 7.10. The highest BCUT2D eigenvalue weighted by Crippen LogP contribution is 2.23. The van der Waals surface area contributed by atoms with Crippen molar-refractivity contribution in [2.75, 3.05) is 7.11 Å². The molecule has 5 heteroatoms. The first kappa shape index (κ1) is 15.8. The Morgan fingerprint density at radius 1 is 1.21 bits per heavy atom. The zero-order chi connectivity index (χ0) is 14.4. The van der Waals surface area contributed by atoms with Crippen molar-refractivity contribution in [3.8, 4) is 0 Å². The van der Waals surface area contributed by atoms with Crippen LogP contribution in [-0.4, -0.2) is 31.2 Å². The number of hydrogen-bond acceptors (Lipinski definition) is 3. The van der Waals surface area contributed by atoms with Gasteiger partial charge in [-0.2, -0.15) is 0 Å². The predicted molar refractivity (Wildman–Crippen MR) is 73.7 cm³/mol. The molecule has 0 spiro atoms. The van der Waals surface area contributed by atoms with Crippen LogP contribution in [0.1, 0.15) is 46.5 Å². The molecule has 5 nitrogen and oxygen atoms in total. The highest BCUT2D eigenvalue weighted by atomic mass is 16.5. The Hall–Kier alpha value is -1.26. The van der Waals surface area contributed by atoms with Crippen molar-refractivity contribution in [1.82, 2.24) is 10.6 Å². The van der Waals surface area contributed by atoms with E-state index >= 15 is 0 Å². The molecule has 0 aromatic rings. The van der Waals surface area contributed by atoms with Crippen LogP contribution in [0, 0.1) is 11.8 Å². The van der Waals surface area contributed by atoms with Crippen LogP contribution in [0.5, 0.6) is 0 Å². The summed E-state index contributed by atoms with van der Waals surface area (Å²) in [7, 11) is 1.33. The van der Waals surface area contributed by atoms with E-state index in [0.29, 0.717) is 5.92 Å².